The van der Waals surface area contributed by atoms with E-state index in [1.54, 1.807) is 13.8 Å². The molecule has 1 fully saturated rings. The third-order valence-corrected chi connectivity index (χ3v) is 4.98. The van der Waals surface area contributed by atoms with Gasteiger partial charge in [0.25, 0.3) is 5.91 Å². The summed E-state index contributed by atoms with van der Waals surface area (Å²) in [4.78, 5) is 17.3. The molecule has 3 rings (SSSR count). The molecule has 6 heteroatoms. The molecule has 1 saturated carbocycles. The molecule has 0 spiro atoms. The minimum Gasteiger partial charge on any atom is -0.481 e. The van der Waals surface area contributed by atoms with E-state index in [0.717, 1.165) is 44.1 Å². The Hall–Kier alpha value is -2.37. The van der Waals surface area contributed by atoms with E-state index in [2.05, 4.69) is 15.5 Å². The van der Waals surface area contributed by atoms with Crippen LogP contribution < -0.4 is 10.1 Å². The van der Waals surface area contributed by atoms with Crippen molar-refractivity contribution in [2.45, 2.75) is 70.9 Å². The molecule has 2 aromatic rings. The molecular weight excluding hydrogens is 330 g/mol. The number of amides is 1. The van der Waals surface area contributed by atoms with Crippen molar-refractivity contribution in [3.05, 3.63) is 41.5 Å². The summed E-state index contributed by atoms with van der Waals surface area (Å²) < 4.78 is 11.0. The monoisotopic (exact) mass is 357 g/mol. The summed E-state index contributed by atoms with van der Waals surface area (Å²) in [5, 5.41) is 7.30. The van der Waals surface area contributed by atoms with Crippen molar-refractivity contribution in [1.29, 1.82) is 0 Å². The van der Waals surface area contributed by atoms with Crippen LogP contribution in [-0.2, 0) is 10.3 Å². The Morgan fingerprint density at radius 3 is 2.38 bits per heavy atom. The van der Waals surface area contributed by atoms with Gasteiger partial charge in [-0.25, -0.2) is 0 Å². The summed E-state index contributed by atoms with van der Waals surface area (Å²) in [5.41, 5.74) is 0.579. The van der Waals surface area contributed by atoms with Gasteiger partial charge in [-0.2, -0.15) is 4.98 Å². The molecule has 6 nitrogen and oxygen atoms in total. The lowest BCUT2D eigenvalue weighted by molar-refractivity contribution is -0.129. The fourth-order valence-electron chi connectivity index (χ4n) is 3.44. The van der Waals surface area contributed by atoms with Crippen LogP contribution in [0.1, 0.15) is 62.7 Å². The van der Waals surface area contributed by atoms with Crippen LogP contribution >= 0.6 is 0 Å². The molecule has 1 heterocycles. The van der Waals surface area contributed by atoms with Crippen molar-refractivity contribution in [3.8, 4) is 5.75 Å². The molecule has 1 unspecified atom stereocenters. The van der Waals surface area contributed by atoms with Crippen LogP contribution in [0.2, 0.25) is 0 Å². The highest BCUT2D eigenvalue weighted by Gasteiger charge is 2.39. The third-order valence-electron chi connectivity index (χ3n) is 4.98. The molecule has 0 saturated heterocycles. The summed E-state index contributed by atoms with van der Waals surface area (Å²) in [7, 11) is 0. The second-order valence-corrected chi connectivity index (χ2v) is 7.20. The zero-order valence-corrected chi connectivity index (χ0v) is 15.7. The molecule has 1 atom stereocenters. The van der Waals surface area contributed by atoms with Crippen LogP contribution in [0.15, 0.2) is 28.8 Å². The average Bonchev–Trinajstić information content (AvgIpc) is 2.92. The van der Waals surface area contributed by atoms with Crippen molar-refractivity contribution in [2.75, 3.05) is 0 Å². The van der Waals surface area contributed by atoms with E-state index in [0.29, 0.717) is 17.5 Å². The zero-order chi connectivity index (χ0) is 18.6. The first-order valence-electron chi connectivity index (χ1n) is 9.35. The Morgan fingerprint density at radius 1 is 1.15 bits per heavy atom. The highest BCUT2D eigenvalue weighted by atomic mass is 16.5. The van der Waals surface area contributed by atoms with Crippen LogP contribution in [0.25, 0.3) is 0 Å². The molecule has 0 bridgehead atoms. The molecule has 1 aliphatic carbocycles. The fourth-order valence-corrected chi connectivity index (χ4v) is 3.44. The Bertz CT molecular complexity index is 731. The molecule has 140 valence electrons. The van der Waals surface area contributed by atoms with Gasteiger partial charge in [0.2, 0.25) is 5.89 Å². The van der Waals surface area contributed by atoms with Gasteiger partial charge in [-0.15, -0.1) is 0 Å². The fraction of sp³-hybridized carbons (Fsp3) is 0.550. The number of carbonyl (C=O) groups excluding carboxylic acids is 1. The van der Waals surface area contributed by atoms with E-state index < -0.39 is 11.6 Å². The summed E-state index contributed by atoms with van der Waals surface area (Å²) in [6.07, 6.45) is 5.39. The number of nitrogens with one attached hydrogen (secondary N) is 1. The maximum atomic E-state index is 12.9. The Morgan fingerprint density at radius 2 is 1.81 bits per heavy atom. The summed E-state index contributed by atoms with van der Waals surface area (Å²) in [5.74, 6) is 1.62. The van der Waals surface area contributed by atoms with Crippen molar-refractivity contribution >= 4 is 5.91 Å². The molecule has 26 heavy (non-hydrogen) atoms. The number of benzene rings is 1. The van der Waals surface area contributed by atoms with Crippen LogP contribution in [0.4, 0.5) is 0 Å². The Kier molecular flexibility index (Phi) is 5.59. The van der Waals surface area contributed by atoms with Crippen LogP contribution in [0, 0.1) is 13.8 Å². The van der Waals surface area contributed by atoms with E-state index >= 15 is 0 Å². The minimum atomic E-state index is -0.606. The maximum absolute atomic E-state index is 12.9. The molecule has 1 aromatic heterocycles. The van der Waals surface area contributed by atoms with Gasteiger partial charge >= 0.3 is 0 Å². The topological polar surface area (TPSA) is 77.2 Å². The van der Waals surface area contributed by atoms with E-state index in [9.17, 15) is 4.79 Å². The van der Waals surface area contributed by atoms with Crippen LogP contribution in [-0.4, -0.2) is 22.2 Å². The number of rotatable bonds is 5. The lowest BCUT2D eigenvalue weighted by Crippen LogP contribution is -2.50. The summed E-state index contributed by atoms with van der Waals surface area (Å²) >= 11 is 0. The standard InChI is InChI=1S/C20H27N3O3/c1-14-8-10-17(11-9-14)25-15(2)18(24)22-20(12-6-4-5-7-13-20)19-21-16(3)26-23-19/h8-11,15H,4-7,12-13H2,1-3H3,(H,22,24). The SMILES string of the molecule is Cc1ccc(OC(C)C(=O)NC2(c3noc(C)n3)CCCCCC2)cc1. The van der Waals surface area contributed by atoms with Gasteiger partial charge < -0.3 is 14.6 Å². The first-order valence-corrected chi connectivity index (χ1v) is 9.35. The lowest BCUT2D eigenvalue weighted by atomic mass is 9.89. The van der Waals surface area contributed by atoms with Crippen molar-refractivity contribution in [2.24, 2.45) is 0 Å². The molecule has 1 N–H and O–H groups in total. The quantitative estimate of drug-likeness (QED) is 0.823. The van der Waals surface area contributed by atoms with Gasteiger partial charge in [-0.1, -0.05) is 48.5 Å². The molecule has 1 aromatic carbocycles. The van der Waals surface area contributed by atoms with Gasteiger partial charge in [-0.3, -0.25) is 4.79 Å². The van der Waals surface area contributed by atoms with E-state index in [-0.39, 0.29) is 5.91 Å². The van der Waals surface area contributed by atoms with Crippen LogP contribution in [0.5, 0.6) is 5.75 Å². The van der Waals surface area contributed by atoms with Gasteiger partial charge in [-0.05, 0) is 38.8 Å². The normalized spacial score (nSPS) is 18.0. The largest absolute Gasteiger partial charge is 0.481 e. The number of carbonyl (C=O) groups is 1. The minimum absolute atomic E-state index is 0.157. The van der Waals surface area contributed by atoms with Gasteiger partial charge in [0.15, 0.2) is 11.9 Å². The van der Waals surface area contributed by atoms with Gasteiger partial charge in [0, 0.05) is 6.92 Å². The Labute approximate surface area is 154 Å². The number of aromatic nitrogens is 2. The second kappa shape index (κ2) is 7.89. The second-order valence-electron chi connectivity index (χ2n) is 7.20. The van der Waals surface area contributed by atoms with E-state index in [1.807, 2.05) is 31.2 Å². The smallest absolute Gasteiger partial charge is 0.261 e. The number of hydrogen-bond donors (Lipinski definition) is 1. The van der Waals surface area contributed by atoms with Crippen molar-refractivity contribution < 1.29 is 14.1 Å². The number of ether oxygens (including phenoxy) is 1. The number of nitrogens with zero attached hydrogens (tertiary/aromatic N) is 2. The van der Waals surface area contributed by atoms with E-state index in [1.165, 1.54) is 0 Å². The first kappa shape index (κ1) is 18.4. The number of hydrogen-bond acceptors (Lipinski definition) is 5. The molecule has 0 aliphatic heterocycles. The van der Waals surface area contributed by atoms with E-state index in [4.69, 9.17) is 9.26 Å². The predicted octanol–water partition coefficient (Wildman–Crippen LogP) is 3.82. The molecule has 1 aliphatic rings. The predicted molar refractivity (Wildman–Crippen MR) is 97.8 cm³/mol. The summed E-state index contributed by atoms with van der Waals surface area (Å²) in [6, 6.07) is 7.69. The zero-order valence-electron chi connectivity index (χ0n) is 15.7. The highest BCUT2D eigenvalue weighted by Crippen LogP contribution is 2.34. The summed E-state index contributed by atoms with van der Waals surface area (Å²) in [6.45, 7) is 5.55. The maximum Gasteiger partial charge on any atom is 0.261 e. The van der Waals surface area contributed by atoms with Gasteiger partial charge in [0.1, 0.15) is 11.3 Å². The highest BCUT2D eigenvalue weighted by molar-refractivity contribution is 5.81. The van der Waals surface area contributed by atoms with Gasteiger partial charge in [0.05, 0.1) is 0 Å². The average molecular weight is 357 g/mol. The molecular formula is C20H27N3O3. The molecule has 1 amide bonds. The lowest BCUT2D eigenvalue weighted by Gasteiger charge is -2.32. The number of aryl methyl sites for hydroxylation is 2. The van der Waals surface area contributed by atoms with Crippen molar-refractivity contribution in [1.82, 2.24) is 15.5 Å². The first-order chi connectivity index (χ1) is 12.5. The Balaban J connectivity index is 1.75. The van der Waals surface area contributed by atoms with Crippen molar-refractivity contribution in [3.63, 3.8) is 0 Å². The molecule has 0 radical (unpaired) electrons. The van der Waals surface area contributed by atoms with Crippen LogP contribution in [0.3, 0.4) is 0 Å². The third kappa shape index (κ3) is 4.23.